The van der Waals surface area contributed by atoms with Crippen LogP contribution < -0.4 is 5.32 Å². The lowest BCUT2D eigenvalue weighted by atomic mass is 9.86. The van der Waals surface area contributed by atoms with E-state index in [2.05, 4.69) is 5.32 Å². The van der Waals surface area contributed by atoms with Crippen molar-refractivity contribution in [3.8, 4) is 0 Å². The van der Waals surface area contributed by atoms with Crippen molar-refractivity contribution in [1.82, 2.24) is 5.32 Å². The normalized spacial score (nSPS) is 12.8. The molecule has 104 valence electrons. The summed E-state index contributed by atoms with van der Waals surface area (Å²) in [6, 6.07) is 4.58. The van der Waals surface area contributed by atoms with Gasteiger partial charge in [0.05, 0.1) is 6.42 Å². The maximum Gasteiger partial charge on any atom is 0.326 e. The van der Waals surface area contributed by atoms with Crippen molar-refractivity contribution >= 4 is 11.9 Å². The van der Waals surface area contributed by atoms with E-state index in [0.717, 1.165) is 0 Å². The first-order valence-corrected chi connectivity index (χ1v) is 5.97. The third kappa shape index (κ3) is 4.69. The molecule has 1 amide bonds. The molecule has 19 heavy (non-hydrogen) atoms. The highest BCUT2D eigenvalue weighted by Gasteiger charge is 2.32. The second-order valence-corrected chi connectivity index (χ2v) is 5.51. The van der Waals surface area contributed by atoms with E-state index >= 15 is 0 Å². The second-order valence-electron chi connectivity index (χ2n) is 5.51. The zero-order valence-corrected chi connectivity index (χ0v) is 11.2. The van der Waals surface area contributed by atoms with Crippen molar-refractivity contribution in [2.75, 3.05) is 0 Å². The van der Waals surface area contributed by atoms with Gasteiger partial charge < -0.3 is 10.4 Å². The molecular weight excluding hydrogens is 249 g/mol. The molecule has 0 radical (unpaired) electrons. The van der Waals surface area contributed by atoms with Crippen molar-refractivity contribution < 1.29 is 19.1 Å². The van der Waals surface area contributed by atoms with Crippen LogP contribution in [0.3, 0.4) is 0 Å². The van der Waals surface area contributed by atoms with Gasteiger partial charge in [0.1, 0.15) is 11.9 Å². The molecule has 0 aliphatic rings. The smallest absolute Gasteiger partial charge is 0.326 e. The Morgan fingerprint density at radius 3 is 2.21 bits per heavy atom. The van der Waals surface area contributed by atoms with Crippen molar-refractivity contribution in [1.29, 1.82) is 0 Å². The van der Waals surface area contributed by atoms with Crippen LogP contribution in [-0.2, 0) is 16.0 Å². The maximum atomic E-state index is 12.7. The number of carboxylic acid groups (broad SMARTS) is 1. The summed E-state index contributed by atoms with van der Waals surface area (Å²) in [7, 11) is 0. The molecule has 0 aromatic heterocycles. The largest absolute Gasteiger partial charge is 0.480 e. The van der Waals surface area contributed by atoms with E-state index in [1.807, 2.05) is 0 Å². The molecule has 4 nitrogen and oxygen atoms in total. The minimum absolute atomic E-state index is 0.0279. The Bertz CT molecular complexity index is 463. The van der Waals surface area contributed by atoms with Gasteiger partial charge in [-0.1, -0.05) is 32.9 Å². The number of rotatable bonds is 4. The standard InChI is InChI=1S/C14H18FNO3/c1-14(2,3)12(13(18)19)16-11(17)8-9-4-6-10(15)7-5-9/h4-7,12H,8H2,1-3H3,(H,16,17)(H,18,19)/t12-/m1/s1. The fourth-order valence-electron chi connectivity index (χ4n) is 1.65. The molecule has 5 heteroatoms. The summed E-state index contributed by atoms with van der Waals surface area (Å²) < 4.78 is 12.7. The zero-order chi connectivity index (χ0) is 14.6. The third-order valence-electron chi connectivity index (χ3n) is 2.70. The lowest BCUT2D eigenvalue weighted by molar-refractivity contribution is -0.144. The van der Waals surface area contributed by atoms with Gasteiger partial charge in [-0.05, 0) is 23.1 Å². The number of carboxylic acids is 1. The minimum atomic E-state index is -1.07. The summed E-state index contributed by atoms with van der Waals surface area (Å²) >= 11 is 0. The first-order valence-electron chi connectivity index (χ1n) is 5.97. The minimum Gasteiger partial charge on any atom is -0.480 e. The highest BCUT2D eigenvalue weighted by molar-refractivity contribution is 5.85. The molecule has 0 spiro atoms. The number of halogens is 1. The number of aliphatic carboxylic acids is 1. The van der Waals surface area contributed by atoms with Crippen molar-refractivity contribution in [2.45, 2.75) is 33.2 Å². The predicted octanol–water partition coefficient (Wildman–Crippen LogP) is 1.98. The Balaban J connectivity index is 2.68. The van der Waals surface area contributed by atoms with Gasteiger partial charge in [-0.25, -0.2) is 9.18 Å². The Morgan fingerprint density at radius 1 is 1.26 bits per heavy atom. The number of carbonyl (C=O) groups excluding carboxylic acids is 1. The van der Waals surface area contributed by atoms with Crippen molar-refractivity contribution in [2.24, 2.45) is 5.41 Å². The van der Waals surface area contributed by atoms with Gasteiger partial charge in [0, 0.05) is 0 Å². The van der Waals surface area contributed by atoms with Crippen molar-refractivity contribution in [3.05, 3.63) is 35.6 Å². The highest BCUT2D eigenvalue weighted by Crippen LogP contribution is 2.19. The molecule has 0 saturated heterocycles. The monoisotopic (exact) mass is 267 g/mol. The first kappa shape index (κ1) is 15.1. The molecule has 1 rings (SSSR count). The molecule has 0 bridgehead atoms. The summed E-state index contributed by atoms with van der Waals surface area (Å²) in [5.74, 6) is -1.84. The number of hydrogen-bond donors (Lipinski definition) is 2. The maximum absolute atomic E-state index is 12.7. The second kappa shape index (κ2) is 5.82. The third-order valence-corrected chi connectivity index (χ3v) is 2.70. The van der Waals surface area contributed by atoms with Gasteiger partial charge >= 0.3 is 5.97 Å². The molecule has 0 fully saturated rings. The number of carbonyl (C=O) groups is 2. The fourth-order valence-corrected chi connectivity index (χ4v) is 1.65. The van der Waals surface area contributed by atoms with Crippen LogP contribution in [-0.4, -0.2) is 23.0 Å². The van der Waals surface area contributed by atoms with Gasteiger partial charge in [0.15, 0.2) is 0 Å². The average Bonchev–Trinajstić information content (AvgIpc) is 2.27. The van der Waals surface area contributed by atoms with E-state index in [0.29, 0.717) is 5.56 Å². The van der Waals surface area contributed by atoms with Crippen LogP contribution in [0.25, 0.3) is 0 Å². The first-order chi connectivity index (χ1) is 8.70. The van der Waals surface area contributed by atoms with Gasteiger partial charge in [-0.2, -0.15) is 0 Å². The van der Waals surface area contributed by atoms with Crippen LogP contribution in [0.5, 0.6) is 0 Å². The summed E-state index contributed by atoms with van der Waals surface area (Å²) in [6.07, 6.45) is 0.0279. The summed E-state index contributed by atoms with van der Waals surface area (Å²) in [5.41, 5.74) is 0.0570. The lowest BCUT2D eigenvalue weighted by Gasteiger charge is -2.27. The highest BCUT2D eigenvalue weighted by atomic mass is 19.1. The molecule has 0 unspecified atom stereocenters. The molecule has 0 aliphatic carbocycles. The SMILES string of the molecule is CC(C)(C)[C@H](NC(=O)Cc1ccc(F)cc1)C(=O)O. The van der Waals surface area contributed by atoms with Crippen molar-refractivity contribution in [3.63, 3.8) is 0 Å². The van der Waals surface area contributed by atoms with Gasteiger partial charge in [0.25, 0.3) is 0 Å². The summed E-state index contributed by atoms with van der Waals surface area (Å²) in [4.78, 5) is 22.9. The van der Waals surface area contributed by atoms with E-state index in [9.17, 15) is 14.0 Å². The van der Waals surface area contributed by atoms with E-state index in [1.54, 1.807) is 20.8 Å². The fraction of sp³-hybridized carbons (Fsp3) is 0.429. The molecule has 0 aliphatic heterocycles. The molecule has 0 heterocycles. The van der Waals surface area contributed by atoms with Crippen LogP contribution >= 0.6 is 0 Å². The van der Waals surface area contributed by atoms with E-state index < -0.39 is 23.3 Å². The Labute approximate surface area is 111 Å². The quantitative estimate of drug-likeness (QED) is 0.876. The number of hydrogen-bond acceptors (Lipinski definition) is 2. The van der Waals surface area contributed by atoms with Crippen LogP contribution in [0.4, 0.5) is 4.39 Å². The average molecular weight is 267 g/mol. The van der Waals surface area contributed by atoms with E-state index in [4.69, 9.17) is 5.11 Å². The Morgan fingerprint density at radius 2 is 1.79 bits per heavy atom. The van der Waals surface area contributed by atoms with Crippen LogP contribution in [0.1, 0.15) is 26.3 Å². The van der Waals surface area contributed by atoms with Gasteiger partial charge in [-0.3, -0.25) is 4.79 Å². The predicted molar refractivity (Wildman–Crippen MR) is 69.1 cm³/mol. The number of amides is 1. The van der Waals surface area contributed by atoms with E-state index in [1.165, 1.54) is 24.3 Å². The molecule has 1 aromatic rings. The molecule has 1 aromatic carbocycles. The van der Waals surface area contributed by atoms with Crippen LogP contribution in [0, 0.1) is 11.2 Å². The zero-order valence-electron chi connectivity index (χ0n) is 11.2. The topological polar surface area (TPSA) is 66.4 Å². The number of nitrogens with one attached hydrogen (secondary N) is 1. The molecular formula is C14H18FNO3. The van der Waals surface area contributed by atoms with Crippen LogP contribution in [0.15, 0.2) is 24.3 Å². The van der Waals surface area contributed by atoms with Crippen LogP contribution in [0.2, 0.25) is 0 Å². The summed E-state index contributed by atoms with van der Waals surface area (Å²) in [5, 5.41) is 11.6. The van der Waals surface area contributed by atoms with Gasteiger partial charge in [-0.15, -0.1) is 0 Å². The molecule has 2 N–H and O–H groups in total. The molecule has 1 atom stereocenters. The van der Waals surface area contributed by atoms with E-state index in [-0.39, 0.29) is 12.2 Å². The molecule has 0 saturated carbocycles. The van der Waals surface area contributed by atoms with Gasteiger partial charge in [0.2, 0.25) is 5.91 Å². The summed E-state index contributed by atoms with van der Waals surface area (Å²) in [6.45, 7) is 5.22. The Kier molecular flexibility index (Phi) is 4.64. The number of benzene rings is 1. The Hall–Kier alpha value is -1.91. The lowest BCUT2D eigenvalue weighted by Crippen LogP contribution is -2.49.